The molecule has 4 aromatic rings. The van der Waals surface area contributed by atoms with Crippen LogP contribution in [0.15, 0.2) is 52.0 Å². The summed E-state index contributed by atoms with van der Waals surface area (Å²) in [5.74, 6) is -1.15. The number of carbonyl (C=O) groups excluding carboxylic acids is 2. The van der Waals surface area contributed by atoms with Gasteiger partial charge in [0.05, 0.1) is 10.3 Å². The average Bonchev–Trinajstić information content (AvgIpc) is 3.46. The monoisotopic (exact) mass is 439 g/mol. The van der Waals surface area contributed by atoms with Crippen molar-refractivity contribution in [3.8, 4) is 9.88 Å². The Morgan fingerprint density at radius 1 is 1.03 bits per heavy atom. The zero-order valence-electron chi connectivity index (χ0n) is 15.9. The molecule has 0 atom stereocenters. The maximum atomic E-state index is 12.7. The van der Waals surface area contributed by atoms with Crippen molar-refractivity contribution >= 4 is 45.3 Å². The third-order valence-electron chi connectivity index (χ3n) is 4.28. The Kier molecular flexibility index (Phi) is 5.68. The van der Waals surface area contributed by atoms with Crippen molar-refractivity contribution in [1.29, 1.82) is 0 Å². The third kappa shape index (κ3) is 3.87. The average molecular weight is 440 g/mol. The summed E-state index contributed by atoms with van der Waals surface area (Å²) < 4.78 is 1.27. The van der Waals surface area contributed by atoms with Crippen molar-refractivity contribution < 1.29 is 9.59 Å². The summed E-state index contributed by atoms with van der Waals surface area (Å²) in [5.41, 5.74) is 4.76. The molecule has 0 saturated carbocycles. The Morgan fingerprint density at radius 2 is 1.80 bits per heavy atom. The van der Waals surface area contributed by atoms with Crippen LogP contribution in [0.5, 0.6) is 0 Å². The van der Waals surface area contributed by atoms with Crippen LogP contribution >= 0.6 is 22.7 Å². The highest BCUT2D eigenvalue weighted by Gasteiger charge is 2.18. The highest BCUT2D eigenvalue weighted by atomic mass is 32.1. The SMILES string of the molecule is CCCn1nc(C(=O)NNC(=O)c2csc(-c3cccs3)n2)c2ccccc2c1=O. The minimum Gasteiger partial charge on any atom is -0.267 e. The molecule has 0 radical (unpaired) electrons. The fourth-order valence-corrected chi connectivity index (χ4v) is 4.51. The Hall–Kier alpha value is -3.37. The number of hydrogen-bond acceptors (Lipinski definition) is 7. The van der Waals surface area contributed by atoms with E-state index in [-0.39, 0.29) is 16.9 Å². The first-order chi connectivity index (χ1) is 14.6. The molecule has 0 unspecified atom stereocenters. The Balaban J connectivity index is 1.54. The molecule has 2 amide bonds. The van der Waals surface area contributed by atoms with Gasteiger partial charge in [-0.2, -0.15) is 5.10 Å². The summed E-state index contributed by atoms with van der Waals surface area (Å²) in [6.07, 6.45) is 0.694. The molecule has 0 bridgehead atoms. The van der Waals surface area contributed by atoms with Gasteiger partial charge >= 0.3 is 0 Å². The molecule has 10 heteroatoms. The highest BCUT2D eigenvalue weighted by Crippen LogP contribution is 2.27. The Morgan fingerprint density at radius 3 is 2.53 bits per heavy atom. The number of amides is 2. The van der Waals surface area contributed by atoms with E-state index in [4.69, 9.17) is 0 Å². The number of rotatable bonds is 5. The van der Waals surface area contributed by atoms with E-state index in [0.29, 0.717) is 23.7 Å². The van der Waals surface area contributed by atoms with Gasteiger partial charge in [-0.3, -0.25) is 25.2 Å². The number of aryl methyl sites for hydroxylation is 1. The van der Waals surface area contributed by atoms with E-state index in [0.717, 1.165) is 9.88 Å². The Labute approximate surface area is 179 Å². The second-order valence-corrected chi connectivity index (χ2v) is 8.15. The minimum atomic E-state index is -0.613. The molecule has 4 rings (SSSR count). The zero-order chi connectivity index (χ0) is 21.1. The van der Waals surface area contributed by atoms with Crippen molar-refractivity contribution in [3.63, 3.8) is 0 Å². The maximum Gasteiger partial charge on any atom is 0.290 e. The first-order valence-corrected chi connectivity index (χ1v) is 10.9. The van der Waals surface area contributed by atoms with Crippen molar-refractivity contribution in [1.82, 2.24) is 25.6 Å². The number of carbonyl (C=O) groups is 2. The number of nitrogens with one attached hydrogen (secondary N) is 2. The quantitative estimate of drug-likeness (QED) is 0.465. The summed E-state index contributed by atoms with van der Waals surface area (Å²) >= 11 is 2.89. The topological polar surface area (TPSA) is 106 Å². The smallest absolute Gasteiger partial charge is 0.267 e. The van der Waals surface area contributed by atoms with Crippen LogP contribution in [0.2, 0.25) is 0 Å². The molecule has 0 spiro atoms. The number of hydrazine groups is 1. The van der Waals surface area contributed by atoms with Crippen molar-refractivity contribution in [2.24, 2.45) is 0 Å². The minimum absolute atomic E-state index is 0.0662. The van der Waals surface area contributed by atoms with Crippen LogP contribution in [0.3, 0.4) is 0 Å². The van der Waals surface area contributed by atoms with Crippen molar-refractivity contribution in [3.05, 3.63) is 68.9 Å². The molecular weight excluding hydrogens is 422 g/mol. The molecule has 0 aliphatic rings. The van der Waals surface area contributed by atoms with E-state index >= 15 is 0 Å². The van der Waals surface area contributed by atoms with E-state index in [1.807, 2.05) is 24.4 Å². The van der Waals surface area contributed by atoms with Crippen LogP contribution in [-0.2, 0) is 6.54 Å². The summed E-state index contributed by atoms with van der Waals surface area (Å²) in [4.78, 5) is 42.9. The zero-order valence-corrected chi connectivity index (χ0v) is 17.5. The van der Waals surface area contributed by atoms with Crippen LogP contribution in [0, 0.1) is 0 Å². The number of aromatic nitrogens is 3. The van der Waals surface area contributed by atoms with E-state index in [1.165, 1.54) is 27.4 Å². The second kappa shape index (κ2) is 8.56. The molecule has 0 aliphatic heterocycles. The van der Waals surface area contributed by atoms with Crippen molar-refractivity contribution in [2.45, 2.75) is 19.9 Å². The number of hydrogen-bond donors (Lipinski definition) is 2. The van der Waals surface area contributed by atoms with Crippen molar-refractivity contribution in [2.75, 3.05) is 0 Å². The van der Waals surface area contributed by atoms with E-state index in [9.17, 15) is 14.4 Å². The van der Waals surface area contributed by atoms with Crippen LogP contribution < -0.4 is 16.4 Å². The second-order valence-electron chi connectivity index (χ2n) is 6.35. The normalized spacial score (nSPS) is 10.8. The van der Waals surface area contributed by atoms with Crippen LogP contribution in [0.25, 0.3) is 20.7 Å². The molecule has 2 N–H and O–H groups in total. The fourth-order valence-electron chi connectivity index (χ4n) is 2.89. The van der Waals surface area contributed by atoms with Gasteiger partial charge in [-0.05, 0) is 23.9 Å². The van der Waals surface area contributed by atoms with E-state index < -0.39 is 11.8 Å². The number of benzene rings is 1. The molecule has 3 heterocycles. The van der Waals surface area contributed by atoms with Gasteiger partial charge < -0.3 is 0 Å². The van der Waals surface area contributed by atoms with Gasteiger partial charge in [-0.25, -0.2) is 9.67 Å². The largest absolute Gasteiger partial charge is 0.290 e. The third-order valence-corrected chi connectivity index (χ3v) is 6.16. The summed E-state index contributed by atoms with van der Waals surface area (Å²) in [6, 6.07) is 10.6. The summed E-state index contributed by atoms with van der Waals surface area (Å²) in [7, 11) is 0. The van der Waals surface area contributed by atoms with Crippen LogP contribution in [0.4, 0.5) is 0 Å². The molecule has 0 saturated heterocycles. The summed E-state index contributed by atoms with van der Waals surface area (Å²) in [6.45, 7) is 2.31. The van der Waals surface area contributed by atoms with Gasteiger partial charge in [-0.1, -0.05) is 31.2 Å². The molecule has 152 valence electrons. The molecule has 1 aromatic carbocycles. The van der Waals surface area contributed by atoms with Gasteiger partial charge in [0.25, 0.3) is 17.4 Å². The number of fused-ring (bicyclic) bond motifs is 1. The predicted molar refractivity (Wildman–Crippen MR) is 117 cm³/mol. The predicted octanol–water partition coefficient (Wildman–Crippen LogP) is 3.07. The molecule has 30 heavy (non-hydrogen) atoms. The van der Waals surface area contributed by atoms with E-state index in [2.05, 4.69) is 20.9 Å². The molecular formula is C20H17N5O3S2. The van der Waals surface area contributed by atoms with Gasteiger partial charge in [0.15, 0.2) is 5.69 Å². The number of thiophene rings is 1. The lowest BCUT2D eigenvalue weighted by Gasteiger charge is -2.11. The standard InChI is InChI=1S/C20H17N5O3S2/c1-2-9-25-20(28)13-7-4-3-6-12(13)16(24-25)18(27)23-22-17(26)14-11-30-19(21-14)15-8-5-10-29-15/h3-8,10-11H,2,9H2,1H3,(H,22,26)(H,23,27). The van der Waals surface area contributed by atoms with Gasteiger partial charge in [0, 0.05) is 17.3 Å². The lowest BCUT2D eigenvalue weighted by molar-refractivity contribution is 0.0841. The fraction of sp³-hybridized carbons (Fsp3) is 0.150. The first-order valence-electron chi connectivity index (χ1n) is 9.18. The number of thiazole rings is 1. The van der Waals surface area contributed by atoms with Gasteiger partial charge in [-0.15, -0.1) is 22.7 Å². The lowest BCUT2D eigenvalue weighted by atomic mass is 10.1. The van der Waals surface area contributed by atoms with Gasteiger partial charge in [0.2, 0.25) is 0 Å². The van der Waals surface area contributed by atoms with Gasteiger partial charge in [0.1, 0.15) is 10.7 Å². The first kappa shape index (κ1) is 19.9. The molecule has 8 nitrogen and oxygen atoms in total. The Bertz CT molecular complexity index is 1280. The molecule has 0 fully saturated rings. The molecule has 0 aliphatic carbocycles. The highest BCUT2D eigenvalue weighted by molar-refractivity contribution is 7.20. The molecule has 3 aromatic heterocycles. The maximum absolute atomic E-state index is 12.7. The van der Waals surface area contributed by atoms with Crippen LogP contribution in [-0.4, -0.2) is 26.6 Å². The number of nitrogens with zero attached hydrogens (tertiary/aromatic N) is 3. The van der Waals surface area contributed by atoms with E-state index in [1.54, 1.807) is 29.6 Å². The summed E-state index contributed by atoms with van der Waals surface area (Å²) in [5, 5.41) is 9.34. The lowest BCUT2D eigenvalue weighted by Crippen LogP contribution is -2.43. The van der Waals surface area contributed by atoms with Crippen LogP contribution in [0.1, 0.15) is 34.3 Å².